The van der Waals surface area contributed by atoms with Gasteiger partial charge in [0.15, 0.2) is 5.82 Å². The molecule has 24 heavy (non-hydrogen) atoms. The van der Waals surface area contributed by atoms with Crippen LogP contribution in [0.15, 0.2) is 53.7 Å². The molecule has 0 amide bonds. The third-order valence-electron chi connectivity index (χ3n) is 3.38. The fourth-order valence-electron chi connectivity index (χ4n) is 2.22. The Hall–Kier alpha value is -2.54. The van der Waals surface area contributed by atoms with Crippen molar-refractivity contribution in [3.63, 3.8) is 0 Å². The van der Waals surface area contributed by atoms with E-state index in [0.717, 1.165) is 11.3 Å². The highest BCUT2D eigenvalue weighted by molar-refractivity contribution is 7.98. The summed E-state index contributed by atoms with van der Waals surface area (Å²) in [7, 11) is 0. The Kier molecular flexibility index (Phi) is 5.00. The largest absolute Gasteiger partial charge is 0.494 e. The predicted octanol–water partition coefficient (Wildman–Crippen LogP) is 3.49. The van der Waals surface area contributed by atoms with E-state index in [-0.39, 0.29) is 5.82 Å². The topological polar surface area (TPSA) is 66.0 Å². The summed E-state index contributed by atoms with van der Waals surface area (Å²) in [5, 5.41) is 8.76. The van der Waals surface area contributed by atoms with Gasteiger partial charge in [0.05, 0.1) is 6.61 Å². The highest BCUT2D eigenvalue weighted by Gasteiger charge is 2.13. The number of benzene rings is 2. The molecule has 0 bridgehead atoms. The standard InChI is InChI=1S/C17H17FN4OS/c1-2-23-14-8-5-7-12(10-14)16-20-21-17(22(16)19)24-11-13-6-3-4-9-15(13)18/h3-10H,2,11,19H2,1H3. The number of rotatable bonds is 6. The van der Waals surface area contributed by atoms with Gasteiger partial charge in [0, 0.05) is 11.3 Å². The smallest absolute Gasteiger partial charge is 0.210 e. The molecule has 0 saturated heterocycles. The maximum Gasteiger partial charge on any atom is 0.210 e. The summed E-state index contributed by atoms with van der Waals surface area (Å²) >= 11 is 1.34. The van der Waals surface area contributed by atoms with Gasteiger partial charge in [0.25, 0.3) is 0 Å². The first-order valence-electron chi connectivity index (χ1n) is 7.49. The van der Waals surface area contributed by atoms with Crippen LogP contribution in [0.4, 0.5) is 4.39 Å². The van der Waals surface area contributed by atoms with Crippen LogP contribution in [0.5, 0.6) is 5.75 Å². The van der Waals surface area contributed by atoms with Crippen LogP contribution < -0.4 is 10.6 Å². The zero-order valence-corrected chi connectivity index (χ0v) is 14.0. The van der Waals surface area contributed by atoms with E-state index in [9.17, 15) is 4.39 Å². The lowest BCUT2D eigenvalue weighted by molar-refractivity contribution is 0.340. The van der Waals surface area contributed by atoms with Crippen molar-refractivity contribution >= 4 is 11.8 Å². The van der Waals surface area contributed by atoms with Gasteiger partial charge >= 0.3 is 0 Å². The molecule has 0 unspecified atom stereocenters. The van der Waals surface area contributed by atoms with E-state index in [0.29, 0.717) is 28.9 Å². The lowest BCUT2D eigenvalue weighted by atomic mass is 10.2. The fraction of sp³-hybridized carbons (Fsp3) is 0.176. The minimum absolute atomic E-state index is 0.238. The molecule has 3 rings (SSSR count). The van der Waals surface area contributed by atoms with Crippen LogP contribution in [0.25, 0.3) is 11.4 Å². The molecule has 2 N–H and O–H groups in total. The van der Waals surface area contributed by atoms with Gasteiger partial charge in [0.1, 0.15) is 11.6 Å². The Morgan fingerprint density at radius 3 is 2.79 bits per heavy atom. The van der Waals surface area contributed by atoms with Crippen LogP contribution in [0.1, 0.15) is 12.5 Å². The highest BCUT2D eigenvalue weighted by Crippen LogP contribution is 2.26. The van der Waals surface area contributed by atoms with Crippen molar-refractivity contribution in [3.05, 3.63) is 59.9 Å². The Morgan fingerprint density at radius 2 is 2.00 bits per heavy atom. The van der Waals surface area contributed by atoms with Gasteiger partial charge in [0.2, 0.25) is 5.16 Å². The van der Waals surface area contributed by atoms with Crippen LogP contribution in [0.3, 0.4) is 0 Å². The minimum Gasteiger partial charge on any atom is -0.494 e. The van der Waals surface area contributed by atoms with Crippen molar-refractivity contribution in [2.75, 3.05) is 12.4 Å². The van der Waals surface area contributed by atoms with E-state index in [1.807, 2.05) is 31.2 Å². The number of halogens is 1. The molecule has 1 heterocycles. The molecule has 5 nitrogen and oxygen atoms in total. The van der Waals surface area contributed by atoms with Gasteiger partial charge in [-0.3, -0.25) is 0 Å². The Labute approximate surface area is 143 Å². The molecule has 0 fully saturated rings. The van der Waals surface area contributed by atoms with Crippen molar-refractivity contribution < 1.29 is 9.13 Å². The molecule has 7 heteroatoms. The average molecular weight is 344 g/mol. The summed E-state index contributed by atoms with van der Waals surface area (Å²) in [5.74, 6) is 7.57. The van der Waals surface area contributed by atoms with E-state index >= 15 is 0 Å². The lowest BCUT2D eigenvalue weighted by Gasteiger charge is -2.06. The van der Waals surface area contributed by atoms with Crippen molar-refractivity contribution in [2.24, 2.45) is 0 Å². The number of nitrogen functional groups attached to an aromatic ring is 1. The van der Waals surface area contributed by atoms with Crippen LogP contribution in [-0.4, -0.2) is 21.5 Å². The first-order chi connectivity index (χ1) is 11.7. The summed E-state index contributed by atoms with van der Waals surface area (Å²) in [6.45, 7) is 2.51. The molecule has 3 aromatic rings. The molecular formula is C17H17FN4OS. The highest BCUT2D eigenvalue weighted by atomic mass is 32.2. The third kappa shape index (κ3) is 3.51. The maximum atomic E-state index is 13.7. The molecule has 124 valence electrons. The summed E-state index contributed by atoms with van der Waals surface area (Å²) in [5.41, 5.74) is 1.42. The fourth-order valence-corrected chi connectivity index (χ4v) is 3.06. The van der Waals surface area contributed by atoms with Gasteiger partial charge in [-0.05, 0) is 30.7 Å². The van der Waals surface area contributed by atoms with E-state index < -0.39 is 0 Å². The monoisotopic (exact) mass is 344 g/mol. The Balaban J connectivity index is 1.79. The van der Waals surface area contributed by atoms with E-state index in [4.69, 9.17) is 10.6 Å². The number of hydrogen-bond donors (Lipinski definition) is 1. The number of aromatic nitrogens is 3. The van der Waals surface area contributed by atoms with Gasteiger partial charge in [-0.2, -0.15) is 0 Å². The number of nitrogens with two attached hydrogens (primary N) is 1. The van der Waals surface area contributed by atoms with Crippen molar-refractivity contribution in [3.8, 4) is 17.1 Å². The van der Waals surface area contributed by atoms with Gasteiger partial charge < -0.3 is 10.6 Å². The first kappa shape index (κ1) is 16.3. The molecule has 0 saturated carbocycles. The molecule has 0 aliphatic rings. The third-order valence-corrected chi connectivity index (χ3v) is 4.37. The molecule has 0 spiro atoms. The second kappa shape index (κ2) is 7.35. The van der Waals surface area contributed by atoms with Crippen LogP contribution >= 0.6 is 11.8 Å². The van der Waals surface area contributed by atoms with Crippen molar-refractivity contribution in [1.29, 1.82) is 0 Å². The maximum absolute atomic E-state index is 13.7. The van der Waals surface area contributed by atoms with E-state index in [2.05, 4.69) is 10.2 Å². The molecule has 0 atom stereocenters. The SMILES string of the molecule is CCOc1cccc(-c2nnc(SCc3ccccc3F)n2N)c1. The second-order valence-electron chi connectivity index (χ2n) is 5.02. The summed E-state index contributed by atoms with van der Waals surface area (Å²) in [6.07, 6.45) is 0. The summed E-state index contributed by atoms with van der Waals surface area (Å²) in [4.78, 5) is 0. The van der Waals surface area contributed by atoms with E-state index in [1.54, 1.807) is 18.2 Å². The van der Waals surface area contributed by atoms with Crippen molar-refractivity contribution in [1.82, 2.24) is 14.9 Å². The summed E-state index contributed by atoms with van der Waals surface area (Å²) in [6, 6.07) is 14.2. The zero-order valence-electron chi connectivity index (χ0n) is 13.1. The molecular weight excluding hydrogens is 327 g/mol. The quantitative estimate of drug-likeness (QED) is 0.548. The number of ether oxygens (including phenoxy) is 1. The Bertz CT molecular complexity index is 837. The van der Waals surface area contributed by atoms with Crippen LogP contribution in [0, 0.1) is 5.82 Å². The normalized spacial score (nSPS) is 10.8. The molecule has 2 aromatic carbocycles. The van der Waals surface area contributed by atoms with Crippen LogP contribution in [-0.2, 0) is 5.75 Å². The molecule has 0 radical (unpaired) electrons. The van der Waals surface area contributed by atoms with Crippen molar-refractivity contribution in [2.45, 2.75) is 17.8 Å². The number of hydrogen-bond acceptors (Lipinski definition) is 5. The molecule has 1 aromatic heterocycles. The first-order valence-corrected chi connectivity index (χ1v) is 8.47. The Morgan fingerprint density at radius 1 is 1.17 bits per heavy atom. The molecule has 0 aliphatic heterocycles. The number of thioether (sulfide) groups is 1. The second-order valence-corrected chi connectivity index (χ2v) is 5.96. The number of nitrogens with zero attached hydrogens (tertiary/aromatic N) is 3. The van der Waals surface area contributed by atoms with Gasteiger partial charge in [-0.25, -0.2) is 9.07 Å². The molecule has 0 aliphatic carbocycles. The lowest BCUT2D eigenvalue weighted by Crippen LogP contribution is -2.11. The van der Waals surface area contributed by atoms with Gasteiger partial charge in [-0.1, -0.05) is 42.1 Å². The zero-order chi connectivity index (χ0) is 16.9. The van der Waals surface area contributed by atoms with Gasteiger partial charge in [-0.15, -0.1) is 10.2 Å². The predicted molar refractivity (Wildman–Crippen MR) is 92.7 cm³/mol. The average Bonchev–Trinajstić information content (AvgIpc) is 2.95. The van der Waals surface area contributed by atoms with Crippen LogP contribution in [0.2, 0.25) is 0 Å². The van der Waals surface area contributed by atoms with E-state index in [1.165, 1.54) is 22.5 Å². The minimum atomic E-state index is -0.238. The summed E-state index contributed by atoms with van der Waals surface area (Å²) < 4.78 is 20.6.